The van der Waals surface area contributed by atoms with Crippen LogP contribution in [0.15, 0.2) is 18.6 Å². The fraction of sp³-hybridized carbons (Fsp3) is 0.300. The number of aromatic nitrogens is 4. The monoisotopic (exact) mass is 188 g/mol. The Kier molecular flexibility index (Phi) is 2.04. The highest BCUT2D eigenvalue weighted by molar-refractivity contribution is 5.30. The molecule has 2 aromatic rings. The standard InChI is InChI=1S/C10H12N4/c1-7-8(2)13-14(9(7)3)10-4-5-11-6-12-10/h4-6H,1-3H3. The SMILES string of the molecule is Cc1nn(-c2ccncn2)c(C)c1C. The van der Waals surface area contributed by atoms with Crippen LogP contribution in [0, 0.1) is 20.8 Å². The molecule has 0 amide bonds. The molecule has 0 aliphatic rings. The third kappa shape index (κ3) is 1.28. The lowest BCUT2D eigenvalue weighted by molar-refractivity contribution is 0.800. The number of nitrogens with zero attached hydrogens (tertiary/aromatic N) is 4. The molecule has 0 unspecified atom stereocenters. The highest BCUT2D eigenvalue weighted by atomic mass is 15.3. The number of rotatable bonds is 1. The molecule has 2 aromatic heterocycles. The van der Waals surface area contributed by atoms with Gasteiger partial charge in [-0.1, -0.05) is 0 Å². The molecule has 0 aliphatic heterocycles. The van der Waals surface area contributed by atoms with Gasteiger partial charge in [0.15, 0.2) is 5.82 Å². The molecule has 2 rings (SSSR count). The smallest absolute Gasteiger partial charge is 0.156 e. The van der Waals surface area contributed by atoms with E-state index in [1.165, 1.54) is 11.9 Å². The molecule has 4 heteroatoms. The third-order valence-electron chi connectivity index (χ3n) is 2.44. The fourth-order valence-electron chi connectivity index (χ4n) is 1.35. The van der Waals surface area contributed by atoms with Crippen LogP contribution in [-0.2, 0) is 0 Å². The van der Waals surface area contributed by atoms with E-state index in [1.807, 2.05) is 24.6 Å². The van der Waals surface area contributed by atoms with E-state index in [0.717, 1.165) is 17.2 Å². The van der Waals surface area contributed by atoms with Crippen molar-refractivity contribution in [2.75, 3.05) is 0 Å². The van der Waals surface area contributed by atoms with Gasteiger partial charge in [-0.15, -0.1) is 0 Å². The van der Waals surface area contributed by atoms with Gasteiger partial charge in [0.05, 0.1) is 5.69 Å². The van der Waals surface area contributed by atoms with E-state index in [9.17, 15) is 0 Å². The van der Waals surface area contributed by atoms with Crippen LogP contribution in [0.4, 0.5) is 0 Å². The second kappa shape index (κ2) is 3.21. The molecule has 0 bridgehead atoms. The Labute approximate surface area is 82.6 Å². The molecule has 0 fully saturated rings. The molecule has 14 heavy (non-hydrogen) atoms. The van der Waals surface area contributed by atoms with Crippen molar-refractivity contribution in [2.45, 2.75) is 20.8 Å². The topological polar surface area (TPSA) is 43.6 Å². The van der Waals surface area contributed by atoms with E-state index in [4.69, 9.17) is 0 Å². The molecule has 72 valence electrons. The Morgan fingerprint density at radius 2 is 2.00 bits per heavy atom. The molecular weight excluding hydrogens is 176 g/mol. The van der Waals surface area contributed by atoms with Crippen LogP contribution >= 0.6 is 0 Å². The first-order chi connectivity index (χ1) is 6.70. The van der Waals surface area contributed by atoms with Gasteiger partial charge in [-0.25, -0.2) is 14.6 Å². The maximum absolute atomic E-state index is 4.41. The van der Waals surface area contributed by atoms with Gasteiger partial charge in [-0.2, -0.15) is 5.10 Å². The van der Waals surface area contributed by atoms with E-state index in [2.05, 4.69) is 22.0 Å². The minimum absolute atomic E-state index is 0.814. The number of hydrogen-bond acceptors (Lipinski definition) is 3. The quantitative estimate of drug-likeness (QED) is 0.682. The summed E-state index contributed by atoms with van der Waals surface area (Å²) in [7, 11) is 0. The van der Waals surface area contributed by atoms with Gasteiger partial charge in [0.25, 0.3) is 0 Å². The Morgan fingerprint density at radius 3 is 2.50 bits per heavy atom. The van der Waals surface area contributed by atoms with Gasteiger partial charge < -0.3 is 0 Å². The fourth-order valence-corrected chi connectivity index (χ4v) is 1.35. The van der Waals surface area contributed by atoms with Crippen LogP contribution in [0.1, 0.15) is 17.0 Å². The number of hydrogen-bond donors (Lipinski definition) is 0. The van der Waals surface area contributed by atoms with E-state index in [-0.39, 0.29) is 0 Å². The molecule has 0 aliphatic carbocycles. The largest absolute Gasteiger partial charge is 0.245 e. The Hall–Kier alpha value is -1.71. The zero-order valence-corrected chi connectivity index (χ0v) is 8.52. The van der Waals surface area contributed by atoms with Crippen LogP contribution in [-0.4, -0.2) is 19.7 Å². The van der Waals surface area contributed by atoms with Gasteiger partial charge in [0.2, 0.25) is 0 Å². The van der Waals surface area contributed by atoms with E-state index in [1.54, 1.807) is 6.20 Å². The first-order valence-electron chi connectivity index (χ1n) is 4.49. The van der Waals surface area contributed by atoms with Gasteiger partial charge >= 0.3 is 0 Å². The van der Waals surface area contributed by atoms with Crippen molar-refractivity contribution in [3.05, 3.63) is 35.5 Å². The first kappa shape index (κ1) is 8.87. The maximum atomic E-state index is 4.41. The zero-order chi connectivity index (χ0) is 10.1. The summed E-state index contributed by atoms with van der Waals surface area (Å²) in [6.45, 7) is 6.10. The lowest BCUT2D eigenvalue weighted by atomic mass is 10.2. The summed E-state index contributed by atoms with van der Waals surface area (Å²) < 4.78 is 1.84. The summed E-state index contributed by atoms with van der Waals surface area (Å²) >= 11 is 0. The Bertz CT molecular complexity index is 445. The Balaban J connectivity index is 2.58. The molecule has 0 saturated carbocycles. The Morgan fingerprint density at radius 1 is 1.21 bits per heavy atom. The summed E-state index contributed by atoms with van der Waals surface area (Å²) in [6.07, 6.45) is 3.25. The van der Waals surface area contributed by atoms with Crippen LogP contribution < -0.4 is 0 Å². The maximum Gasteiger partial charge on any atom is 0.156 e. The summed E-state index contributed by atoms with van der Waals surface area (Å²) in [5, 5.41) is 4.41. The van der Waals surface area contributed by atoms with E-state index >= 15 is 0 Å². The molecule has 0 N–H and O–H groups in total. The molecule has 0 aromatic carbocycles. The van der Waals surface area contributed by atoms with Gasteiger partial charge in [0.1, 0.15) is 6.33 Å². The molecule has 4 nitrogen and oxygen atoms in total. The third-order valence-corrected chi connectivity index (χ3v) is 2.44. The highest BCUT2D eigenvalue weighted by Gasteiger charge is 2.08. The highest BCUT2D eigenvalue weighted by Crippen LogP contribution is 2.14. The second-order valence-corrected chi connectivity index (χ2v) is 3.28. The van der Waals surface area contributed by atoms with E-state index < -0.39 is 0 Å². The first-order valence-corrected chi connectivity index (χ1v) is 4.49. The summed E-state index contributed by atoms with van der Waals surface area (Å²) in [5.74, 6) is 0.814. The van der Waals surface area contributed by atoms with Gasteiger partial charge in [-0.05, 0) is 26.3 Å². The summed E-state index contributed by atoms with van der Waals surface area (Å²) in [6, 6.07) is 1.85. The molecule has 2 heterocycles. The average molecular weight is 188 g/mol. The van der Waals surface area contributed by atoms with Gasteiger partial charge in [-0.3, -0.25) is 0 Å². The van der Waals surface area contributed by atoms with Gasteiger partial charge in [0, 0.05) is 18.0 Å². The van der Waals surface area contributed by atoms with Crippen molar-refractivity contribution < 1.29 is 0 Å². The summed E-state index contributed by atoms with van der Waals surface area (Å²) in [5.41, 5.74) is 3.38. The zero-order valence-electron chi connectivity index (χ0n) is 8.52. The molecule has 0 radical (unpaired) electrons. The molecular formula is C10H12N4. The van der Waals surface area contributed by atoms with Crippen molar-refractivity contribution in [1.82, 2.24) is 19.7 Å². The normalized spacial score (nSPS) is 10.5. The summed E-state index contributed by atoms with van der Waals surface area (Å²) in [4.78, 5) is 8.03. The molecule has 0 atom stereocenters. The van der Waals surface area contributed by atoms with E-state index in [0.29, 0.717) is 0 Å². The molecule has 0 saturated heterocycles. The second-order valence-electron chi connectivity index (χ2n) is 3.28. The lowest BCUT2D eigenvalue weighted by Gasteiger charge is -2.01. The minimum Gasteiger partial charge on any atom is -0.245 e. The van der Waals surface area contributed by atoms with Crippen LogP contribution in [0.3, 0.4) is 0 Å². The van der Waals surface area contributed by atoms with Crippen LogP contribution in [0.25, 0.3) is 5.82 Å². The van der Waals surface area contributed by atoms with Crippen molar-refractivity contribution in [1.29, 1.82) is 0 Å². The number of aryl methyl sites for hydroxylation is 1. The predicted molar refractivity (Wildman–Crippen MR) is 53.4 cm³/mol. The minimum atomic E-state index is 0.814. The average Bonchev–Trinajstić information content (AvgIpc) is 2.47. The van der Waals surface area contributed by atoms with Crippen LogP contribution in [0.5, 0.6) is 0 Å². The van der Waals surface area contributed by atoms with Crippen molar-refractivity contribution in [2.24, 2.45) is 0 Å². The van der Waals surface area contributed by atoms with Crippen molar-refractivity contribution >= 4 is 0 Å². The lowest BCUT2D eigenvalue weighted by Crippen LogP contribution is -2.01. The molecule has 0 spiro atoms. The van der Waals surface area contributed by atoms with Crippen molar-refractivity contribution in [3.8, 4) is 5.82 Å². The predicted octanol–water partition coefficient (Wildman–Crippen LogP) is 1.59. The van der Waals surface area contributed by atoms with Crippen LogP contribution in [0.2, 0.25) is 0 Å². The van der Waals surface area contributed by atoms with Crippen molar-refractivity contribution in [3.63, 3.8) is 0 Å².